The number of nitrogens with zero attached hydrogens (tertiary/aromatic N) is 3. The normalized spacial score (nSPS) is 24.7. The molecule has 0 radical (unpaired) electrons. The molecule has 3 aliphatic rings. The molecule has 2 aliphatic heterocycles. The van der Waals surface area contributed by atoms with E-state index in [0.717, 1.165) is 37.0 Å². The van der Waals surface area contributed by atoms with E-state index in [-0.39, 0.29) is 11.0 Å². The number of rotatable bonds is 3. The molecule has 1 aliphatic carbocycles. The molecule has 1 atom stereocenters. The van der Waals surface area contributed by atoms with Crippen molar-refractivity contribution < 1.29 is 24.6 Å². The Bertz CT molecular complexity index is 841. The van der Waals surface area contributed by atoms with E-state index in [1.54, 1.807) is 12.1 Å². The molecule has 1 unspecified atom stereocenters. The molecule has 4 rings (SSSR count). The lowest BCUT2D eigenvalue weighted by Crippen LogP contribution is -2.28. The van der Waals surface area contributed by atoms with Crippen molar-refractivity contribution in [1.29, 1.82) is 0 Å². The van der Waals surface area contributed by atoms with E-state index in [1.165, 1.54) is 7.11 Å². The molecule has 2 N–H and O–H groups in total. The summed E-state index contributed by atoms with van der Waals surface area (Å²) in [4.78, 5) is 29.8. The standard InChI is InChI=1S/C17H17N3O5/c1-25-15-11(20-7-12(19-24)17(8-20)4-5-17)3-2-9-13(15)18-6-10(14(9)21)16(22)23/h2-3,6,10,24H,4-5,7-8H2,1H3,(H,22,23). The van der Waals surface area contributed by atoms with Gasteiger partial charge in [0, 0.05) is 23.7 Å². The highest BCUT2D eigenvalue weighted by Crippen LogP contribution is 2.53. The second kappa shape index (κ2) is 5.30. The summed E-state index contributed by atoms with van der Waals surface area (Å²) in [5.41, 5.74) is 2.06. The van der Waals surface area contributed by atoms with Crippen molar-refractivity contribution in [2.45, 2.75) is 12.8 Å². The summed E-state index contributed by atoms with van der Waals surface area (Å²) < 4.78 is 5.50. The van der Waals surface area contributed by atoms with Crippen LogP contribution in [0.2, 0.25) is 0 Å². The number of hydrogen-bond acceptors (Lipinski definition) is 7. The Morgan fingerprint density at radius 1 is 1.44 bits per heavy atom. The van der Waals surface area contributed by atoms with Crippen LogP contribution in [0.4, 0.5) is 11.4 Å². The van der Waals surface area contributed by atoms with Gasteiger partial charge in [-0.3, -0.25) is 14.6 Å². The molecule has 1 saturated heterocycles. The van der Waals surface area contributed by atoms with Crippen molar-refractivity contribution in [2.75, 3.05) is 25.1 Å². The summed E-state index contributed by atoms with van der Waals surface area (Å²) in [6.45, 7) is 1.21. The third-order valence-electron chi connectivity index (χ3n) is 5.24. The summed E-state index contributed by atoms with van der Waals surface area (Å²) >= 11 is 0. The van der Waals surface area contributed by atoms with Crippen LogP contribution in [-0.4, -0.2) is 54.2 Å². The maximum absolute atomic E-state index is 12.4. The smallest absolute Gasteiger partial charge is 0.319 e. The molecule has 1 spiro atoms. The van der Waals surface area contributed by atoms with Crippen molar-refractivity contribution in [3.05, 3.63) is 17.7 Å². The fourth-order valence-corrected chi connectivity index (χ4v) is 3.66. The van der Waals surface area contributed by atoms with Gasteiger partial charge in [0.15, 0.2) is 17.5 Å². The van der Waals surface area contributed by atoms with Gasteiger partial charge in [-0.25, -0.2) is 0 Å². The van der Waals surface area contributed by atoms with E-state index < -0.39 is 17.7 Å². The molecule has 2 heterocycles. The Hall–Kier alpha value is -2.90. The van der Waals surface area contributed by atoms with Gasteiger partial charge in [-0.1, -0.05) is 5.16 Å². The molecule has 0 aromatic heterocycles. The minimum atomic E-state index is -1.27. The molecule has 8 heteroatoms. The zero-order valence-corrected chi connectivity index (χ0v) is 13.6. The summed E-state index contributed by atoms with van der Waals surface area (Å²) in [5.74, 6) is -2.56. The van der Waals surface area contributed by atoms with Crippen LogP contribution in [0.15, 0.2) is 22.3 Å². The first-order chi connectivity index (χ1) is 12.0. The van der Waals surface area contributed by atoms with E-state index in [9.17, 15) is 14.8 Å². The number of hydrogen-bond donors (Lipinski definition) is 2. The molecular formula is C17H17N3O5. The van der Waals surface area contributed by atoms with Crippen LogP contribution in [0.25, 0.3) is 0 Å². The molecule has 1 saturated carbocycles. The van der Waals surface area contributed by atoms with Gasteiger partial charge in [-0.15, -0.1) is 0 Å². The fourth-order valence-electron chi connectivity index (χ4n) is 3.66. The number of carbonyl (C=O) groups is 2. The second-order valence-corrected chi connectivity index (χ2v) is 6.66. The van der Waals surface area contributed by atoms with Crippen molar-refractivity contribution >= 4 is 35.1 Å². The highest BCUT2D eigenvalue weighted by atomic mass is 16.5. The lowest BCUT2D eigenvalue weighted by molar-refractivity contribution is -0.137. The lowest BCUT2D eigenvalue weighted by Gasteiger charge is -2.24. The number of methoxy groups -OCH3 is 1. The molecular weight excluding hydrogens is 326 g/mol. The largest absolute Gasteiger partial charge is 0.492 e. The number of carboxylic acids is 1. The van der Waals surface area contributed by atoms with Crippen LogP contribution in [0.1, 0.15) is 23.2 Å². The SMILES string of the molecule is COc1c(N2CC(=NO)C3(CC3)C2)ccc2c1N=CC(C(=O)O)C2=O. The third kappa shape index (κ3) is 2.20. The summed E-state index contributed by atoms with van der Waals surface area (Å²) in [7, 11) is 1.49. The number of oxime groups is 1. The Balaban J connectivity index is 1.75. The van der Waals surface area contributed by atoms with Gasteiger partial charge >= 0.3 is 5.97 Å². The van der Waals surface area contributed by atoms with Crippen LogP contribution in [-0.2, 0) is 4.79 Å². The van der Waals surface area contributed by atoms with Crippen molar-refractivity contribution in [3.8, 4) is 5.75 Å². The van der Waals surface area contributed by atoms with Crippen LogP contribution in [0.3, 0.4) is 0 Å². The first kappa shape index (κ1) is 15.6. The van der Waals surface area contributed by atoms with Gasteiger partial charge in [0.25, 0.3) is 0 Å². The lowest BCUT2D eigenvalue weighted by atomic mass is 9.94. The van der Waals surface area contributed by atoms with E-state index in [4.69, 9.17) is 9.84 Å². The zero-order valence-electron chi connectivity index (χ0n) is 13.6. The Morgan fingerprint density at radius 2 is 2.20 bits per heavy atom. The molecule has 2 fully saturated rings. The molecule has 130 valence electrons. The van der Waals surface area contributed by atoms with Gasteiger partial charge in [0.1, 0.15) is 5.69 Å². The average molecular weight is 343 g/mol. The Morgan fingerprint density at radius 3 is 2.76 bits per heavy atom. The molecule has 25 heavy (non-hydrogen) atoms. The number of fused-ring (bicyclic) bond motifs is 1. The van der Waals surface area contributed by atoms with Crippen molar-refractivity contribution in [3.63, 3.8) is 0 Å². The molecule has 0 amide bonds. The number of carbonyl (C=O) groups excluding carboxylic acids is 1. The average Bonchev–Trinajstić information content (AvgIpc) is 3.27. The molecule has 0 bridgehead atoms. The molecule has 1 aromatic rings. The number of ether oxygens (including phenoxy) is 1. The summed E-state index contributed by atoms with van der Waals surface area (Å²) in [5, 5.41) is 21.8. The first-order valence-electron chi connectivity index (χ1n) is 7.99. The predicted octanol–water partition coefficient (Wildman–Crippen LogP) is 1.72. The fraction of sp³-hybridized carbons (Fsp3) is 0.412. The minimum absolute atomic E-state index is 0.0524. The number of Topliss-reactive ketones (excluding diaryl/α,β-unsaturated/α-hetero) is 1. The Labute approximate surface area is 143 Å². The quantitative estimate of drug-likeness (QED) is 0.491. The number of aliphatic imine (C=N–C) groups is 1. The van der Waals surface area contributed by atoms with Crippen LogP contribution in [0.5, 0.6) is 5.75 Å². The Kier molecular flexibility index (Phi) is 3.31. The maximum atomic E-state index is 12.4. The highest BCUT2D eigenvalue weighted by Gasteiger charge is 2.54. The van der Waals surface area contributed by atoms with E-state index >= 15 is 0 Å². The van der Waals surface area contributed by atoms with Crippen molar-refractivity contribution in [2.24, 2.45) is 21.5 Å². The number of anilines is 1. The number of aliphatic carboxylic acids is 1. The van der Waals surface area contributed by atoms with Gasteiger partial charge in [-0.05, 0) is 25.0 Å². The number of benzene rings is 1. The number of ketones is 1. The predicted molar refractivity (Wildman–Crippen MR) is 89.7 cm³/mol. The van der Waals surface area contributed by atoms with E-state index in [2.05, 4.69) is 10.1 Å². The molecule has 1 aromatic carbocycles. The monoisotopic (exact) mass is 343 g/mol. The van der Waals surface area contributed by atoms with Crippen LogP contribution < -0.4 is 9.64 Å². The van der Waals surface area contributed by atoms with Gasteiger partial charge in [-0.2, -0.15) is 0 Å². The van der Waals surface area contributed by atoms with Gasteiger partial charge in [0.05, 0.1) is 25.1 Å². The van der Waals surface area contributed by atoms with Gasteiger partial charge < -0.3 is 20.0 Å². The van der Waals surface area contributed by atoms with Crippen LogP contribution >= 0.6 is 0 Å². The number of carboxylic acid groups (broad SMARTS) is 1. The minimum Gasteiger partial charge on any atom is -0.492 e. The van der Waals surface area contributed by atoms with E-state index in [0.29, 0.717) is 18.0 Å². The highest BCUT2D eigenvalue weighted by molar-refractivity contribution is 6.22. The third-order valence-corrected chi connectivity index (χ3v) is 5.24. The second-order valence-electron chi connectivity index (χ2n) is 6.66. The molecule has 8 nitrogen and oxygen atoms in total. The van der Waals surface area contributed by atoms with Crippen LogP contribution in [0, 0.1) is 11.3 Å². The van der Waals surface area contributed by atoms with Crippen molar-refractivity contribution in [1.82, 2.24) is 0 Å². The summed E-state index contributed by atoms with van der Waals surface area (Å²) in [6.07, 6.45) is 3.13. The summed E-state index contributed by atoms with van der Waals surface area (Å²) in [6, 6.07) is 3.33. The zero-order chi connectivity index (χ0) is 17.8. The van der Waals surface area contributed by atoms with Gasteiger partial charge in [0.2, 0.25) is 0 Å². The topological polar surface area (TPSA) is 112 Å². The van der Waals surface area contributed by atoms with E-state index in [1.807, 2.05) is 4.90 Å². The maximum Gasteiger partial charge on any atom is 0.319 e. The first-order valence-corrected chi connectivity index (χ1v) is 7.99.